The molecule has 0 fully saturated rings. The average Bonchev–Trinajstić information content (AvgIpc) is 2.16. The minimum atomic E-state index is -0.151. The first-order valence-corrected chi connectivity index (χ1v) is 5.85. The molecule has 0 saturated heterocycles. The molecule has 16 heavy (non-hydrogen) atoms. The highest BCUT2D eigenvalue weighted by Gasteiger charge is 2.28. The van der Waals surface area contributed by atoms with Crippen LogP contribution in [-0.4, -0.2) is 7.05 Å². The number of benzene rings is 1. The lowest BCUT2D eigenvalue weighted by molar-refractivity contribution is 0.245. The van der Waals surface area contributed by atoms with Crippen molar-refractivity contribution in [3.05, 3.63) is 35.1 Å². The molecular formula is C14H22FN. The van der Waals surface area contributed by atoms with Crippen LogP contribution in [0.15, 0.2) is 18.2 Å². The monoisotopic (exact) mass is 223 g/mol. The first kappa shape index (κ1) is 13.2. The fraction of sp³-hybridized carbons (Fsp3) is 0.571. The molecule has 0 radical (unpaired) electrons. The maximum absolute atomic E-state index is 13.4. The van der Waals surface area contributed by atoms with Crippen molar-refractivity contribution in [2.45, 2.75) is 40.2 Å². The van der Waals surface area contributed by atoms with E-state index < -0.39 is 0 Å². The number of hydrogen-bond acceptors (Lipinski definition) is 1. The summed E-state index contributed by atoms with van der Waals surface area (Å²) in [6.45, 7) is 8.50. The molecule has 0 spiro atoms. The van der Waals surface area contributed by atoms with Crippen LogP contribution in [0.1, 0.15) is 44.4 Å². The lowest BCUT2D eigenvalue weighted by Gasteiger charge is -2.34. The van der Waals surface area contributed by atoms with Gasteiger partial charge in [-0.05, 0) is 49.1 Å². The number of halogens is 1. The summed E-state index contributed by atoms with van der Waals surface area (Å²) in [6.07, 6.45) is 1.05. The van der Waals surface area contributed by atoms with Gasteiger partial charge in [0.25, 0.3) is 0 Å². The topological polar surface area (TPSA) is 12.0 Å². The molecule has 1 rings (SSSR count). The molecule has 0 aliphatic carbocycles. The Labute approximate surface area is 98.1 Å². The zero-order valence-corrected chi connectivity index (χ0v) is 10.9. The van der Waals surface area contributed by atoms with Gasteiger partial charge >= 0.3 is 0 Å². The van der Waals surface area contributed by atoms with Gasteiger partial charge in [-0.2, -0.15) is 0 Å². The van der Waals surface area contributed by atoms with Gasteiger partial charge in [0.1, 0.15) is 5.82 Å². The Balaban J connectivity index is 3.13. The van der Waals surface area contributed by atoms with Gasteiger partial charge in [-0.1, -0.05) is 26.8 Å². The Kier molecular flexibility index (Phi) is 4.09. The quantitative estimate of drug-likeness (QED) is 0.818. The second-order valence-corrected chi connectivity index (χ2v) is 5.13. The summed E-state index contributed by atoms with van der Waals surface area (Å²) in [5, 5.41) is 3.30. The lowest BCUT2D eigenvalue weighted by Crippen LogP contribution is -2.31. The van der Waals surface area contributed by atoms with Crippen molar-refractivity contribution in [3.63, 3.8) is 0 Å². The van der Waals surface area contributed by atoms with Gasteiger partial charge in [-0.3, -0.25) is 0 Å². The average molecular weight is 223 g/mol. The molecule has 2 heteroatoms. The van der Waals surface area contributed by atoms with Crippen molar-refractivity contribution in [2.75, 3.05) is 7.05 Å². The molecule has 1 unspecified atom stereocenters. The Morgan fingerprint density at radius 1 is 1.31 bits per heavy atom. The summed E-state index contributed by atoms with van der Waals surface area (Å²) < 4.78 is 13.4. The fourth-order valence-electron chi connectivity index (χ4n) is 2.14. The second kappa shape index (κ2) is 4.96. The molecule has 0 aromatic heterocycles. The minimum absolute atomic E-state index is 0.120. The largest absolute Gasteiger partial charge is 0.313 e. The molecule has 1 N–H and O–H groups in total. The van der Waals surface area contributed by atoms with Gasteiger partial charge in [0.05, 0.1) is 0 Å². The summed E-state index contributed by atoms with van der Waals surface area (Å²) in [5.41, 5.74) is 2.13. The molecule has 1 nitrogen and oxygen atoms in total. The lowest BCUT2D eigenvalue weighted by atomic mass is 9.78. The molecule has 0 aliphatic heterocycles. The third-order valence-corrected chi connectivity index (χ3v) is 3.38. The summed E-state index contributed by atoms with van der Waals surface area (Å²) in [6, 6.07) is 5.44. The maximum atomic E-state index is 13.4. The molecule has 1 atom stereocenters. The highest BCUT2D eigenvalue weighted by molar-refractivity contribution is 5.27. The molecule has 0 heterocycles. The highest BCUT2D eigenvalue weighted by Crippen LogP contribution is 2.36. The van der Waals surface area contributed by atoms with E-state index >= 15 is 0 Å². The van der Waals surface area contributed by atoms with E-state index in [2.05, 4.69) is 32.2 Å². The zero-order valence-electron chi connectivity index (χ0n) is 10.9. The molecular weight excluding hydrogens is 201 g/mol. The molecule has 90 valence electrons. The molecule has 0 aliphatic rings. The van der Waals surface area contributed by atoms with Gasteiger partial charge in [0.2, 0.25) is 0 Å². The molecule has 0 saturated carbocycles. The van der Waals surface area contributed by atoms with Crippen LogP contribution in [-0.2, 0) is 0 Å². The van der Waals surface area contributed by atoms with Crippen molar-refractivity contribution in [2.24, 2.45) is 5.41 Å². The summed E-state index contributed by atoms with van der Waals surface area (Å²) in [7, 11) is 1.93. The van der Waals surface area contributed by atoms with Crippen molar-refractivity contribution in [1.29, 1.82) is 0 Å². The second-order valence-electron chi connectivity index (χ2n) is 5.13. The van der Waals surface area contributed by atoms with Crippen LogP contribution in [0.2, 0.25) is 0 Å². The van der Waals surface area contributed by atoms with Gasteiger partial charge in [0.15, 0.2) is 0 Å². The van der Waals surface area contributed by atoms with Crippen molar-refractivity contribution < 1.29 is 4.39 Å². The Morgan fingerprint density at radius 2 is 1.94 bits per heavy atom. The van der Waals surface area contributed by atoms with E-state index in [9.17, 15) is 4.39 Å². The van der Waals surface area contributed by atoms with Crippen molar-refractivity contribution >= 4 is 0 Å². The minimum Gasteiger partial charge on any atom is -0.313 e. The van der Waals surface area contributed by atoms with Gasteiger partial charge < -0.3 is 5.32 Å². The molecule has 1 aromatic rings. The number of hydrogen-bond donors (Lipinski definition) is 1. The molecule has 0 amide bonds. The van der Waals surface area contributed by atoms with E-state index in [1.165, 1.54) is 0 Å². The van der Waals surface area contributed by atoms with Crippen molar-refractivity contribution in [1.82, 2.24) is 5.32 Å². The number of aryl methyl sites for hydroxylation is 1. The zero-order chi connectivity index (χ0) is 12.3. The molecule has 1 aromatic carbocycles. The Morgan fingerprint density at radius 3 is 2.38 bits per heavy atom. The van der Waals surface area contributed by atoms with E-state index in [0.717, 1.165) is 17.5 Å². The van der Waals surface area contributed by atoms with Crippen LogP contribution in [0.25, 0.3) is 0 Å². The third-order valence-electron chi connectivity index (χ3n) is 3.38. The van der Waals surface area contributed by atoms with Crippen LogP contribution >= 0.6 is 0 Å². The van der Waals surface area contributed by atoms with Crippen LogP contribution in [0, 0.1) is 18.2 Å². The normalized spacial score (nSPS) is 13.9. The van der Waals surface area contributed by atoms with E-state index in [-0.39, 0.29) is 17.3 Å². The highest BCUT2D eigenvalue weighted by atomic mass is 19.1. The van der Waals surface area contributed by atoms with E-state index in [0.29, 0.717) is 0 Å². The van der Waals surface area contributed by atoms with Crippen LogP contribution < -0.4 is 5.32 Å². The fourth-order valence-corrected chi connectivity index (χ4v) is 2.14. The first-order valence-electron chi connectivity index (χ1n) is 5.85. The third kappa shape index (κ3) is 2.82. The van der Waals surface area contributed by atoms with Gasteiger partial charge in [-0.25, -0.2) is 4.39 Å². The Hall–Kier alpha value is -0.890. The smallest absolute Gasteiger partial charge is 0.123 e. The van der Waals surface area contributed by atoms with E-state index in [1.807, 2.05) is 14.0 Å². The van der Waals surface area contributed by atoms with Gasteiger partial charge in [-0.15, -0.1) is 0 Å². The SMILES string of the molecule is CCC(C)(C)C(NC)c1cc(C)cc(F)c1. The number of rotatable bonds is 4. The Bertz CT molecular complexity index is 338. The van der Waals surface area contributed by atoms with Crippen LogP contribution in [0.4, 0.5) is 4.39 Å². The number of nitrogens with one attached hydrogen (secondary N) is 1. The summed E-state index contributed by atoms with van der Waals surface area (Å²) >= 11 is 0. The first-order chi connectivity index (χ1) is 7.40. The van der Waals surface area contributed by atoms with Gasteiger partial charge in [0, 0.05) is 6.04 Å². The van der Waals surface area contributed by atoms with E-state index in [1.54, 1.807) is 12.1 Å². The maximum Gasteiger partial charge on any atom is 0.123 e. The summed E-state index contributed by atoms with van der Waals surface area (Å²) in [4.78, 5) is 0. The van der Waals surface area contributed by atoms with Crippen LogP contribution in [0.3, 0.4) is 0 Å². The van der Waals surface area contributed by atoms with Crippen molar-refractivity contribution in [3.8, 4) is 0 Å². The standard InChI is InChI=1S/C14H22FN/c1-6-14(3,4)13(16-5)11-7-10(2)8-12(15)9-11/h7-9,13,16H,6H2,1-5H3. The summed E-state index contributed by atoms with van der Waals surface area (Å²) in [5.74, 6) is -0.151. The van der Waals surface area contributed by atoms with Crippen LogP contribution in [0.5, 0.6) is 0 Å². The molecule has 0 bridgehead atoms. The van der Waals surface area contributed by atoms with E-state index in [4.69, 9.17) is 0 Å². The predicted octanol–water partition coefficient (Wildman–Crippen LogP) is 3.83. The predicted molar refractivity (Wildman–Crippen MR) is 67.0 cm³/mol.